The molecule has 9 heteroatoms. The fraction of sp³-hybridized carbons (Fsp3) is 0.333. The van der Waals surface area contributed by atoms with Gasteiger partial charge in [-0.05, 0) is 0 Å². The molecule has 1 aromatic heterocycles. The summed E-state index contributed by atoms with van der Waals surface area (Å²) >= 11 is 0. The van der Waals surface area contributed by atoms with Gasteiger partial charge in [0.1, 0.15) is 0 Å². The first-order valence-electron chi connectivity index (χ1n) is 4.36. The van der Waals surface area contributed by atoms with Gasteiger partial charge in [-0.3, -0.25) is 0 Å². The van der Waals surface area contributed by atoms with Crippen molar-refractivity contribution in [2.45, 2.75) is 12.6 Å². The summed E-state index contributed by atoms with van der Waals surface area (Å²) in [5, 5.41) is 8.64. The van der Waals surface area contributed by atoms with Gasteiger partial charge in [-0.15, -0.1) is 0 Å². The number of nitrogens with zero attached hydrogens (tertiary/aromatic N) is 1. The Morgan fingerprint density at radius 1 is 1.44 bits per heavy atom. The molecule has 0 spiro atoms. The van der Waals surface area contributed by atoms with Crippen molar-refractivity contribution < 1.29 is 36.6 Å². The second-order valence-corrected chi connectivity index (χ2v) is 3.08. The highest BCUT2D eigenvalue weighted by atomic mass is 19.4. The summed E-state index contributed by atoms with van der Waals surface area (Å²) in [7, 11) is 0.941. The number of rotatable bonds is 3. The summed E-state index contributed by atoms with van der Waals surface area (Å²) in [4.78, 5) is 13.5. The van der Waals surface area contributed by atoms with Crippen LogP contribution in [0.4, 0.5) is 22.0 Å². The molecule has 1 aromatic rings. The van der Waals surface area contributed by atoms with Gasteiger partial charge in [0.25, 0.3) is 6.43 Å². The number of aromatic carboxylic acids is 1. The number of alkyl halides is 5. The number of methoxy groups -OCH3 is 1. The lowest BCUT2D eigenvalue weighted by Crippen LogP contribution is -2.17. The van der Waals surface area contributed by atoms with Crippen molar-refractivity contribution in [2.75, 3.05) is 7.11 Å². The number of aromatic nitrogens is 1. The van der Waals surface area contributed by atoms with Crippen LogP contribution in [0, 0.1) is 0 Å². The Morgan fingerprint density at radius 3 is 2.33 bits per heavy atom. The number of hydrogen-bond donors (Lipinski definition) is 1. The maximum absolute atomic E-state index is 12.6. The van der Waals surface area contributed by atoms with E-state index in [1.807, 2.05) is 0 Å². The molecule has 0 aliphatic carbocycles. The summed E-state index contributed by atoms with van der Waals surface area (Å²) in [6, 6.07) is 0.513. The van der Waals surface area contributed by atoms with Gasteiger partial charge in [0.2, 0.25) is 5.88 Å². The van der Waals surface area contributed by atoms with E-state index in [9.17, 15) is 26.7 Å². The Morgan fingerprint density at radius 2 is 2.00 bits per heavy atom. The number of halogens is 5. The van der Waals surface area contributed by atoms with Gasteiger partial charge < -0.3 is 9.84 Å². The molecule has 0 radical (unpaired) electrons. The van der Waals surface area contributed by atoms with Gasteiger partial charge in [0, 0.05) is 6.07 Å². The Labute approximate surface area is 97.0 Å². The lowest BCUT2D eigenvalue weighted by Gasteiger charge is -2.14. The first-order chi connectivity index (χ1) is 8.18. The van der Waals surface area contributed by atoms with Gasteiger partial charge in [-0.1, -0.05) is 0 Å². The molecule has 0 saturated heterocycles. The van der Waals surface area contributed by atoms with Crippen molar-refractivity contribution in [2.24, 2.45) is 0 Å². The molecule has 1 N–H and O–H groups in total. The van der Waals surface area contributed by atoms with Gasteiger partial charge in [-0.2, -0.15) is 13.2 Å². The second kappa shape index (κ2) is 4.75. The zero-order valence-corrected chi connectivity index (χ0v) is 8.76. The first-order valence-corrected chi connectivity index (χ1v) is 4.36. The van der Waals surface area contributed by atoms with E-state index >= 15 is 0 Å². The molecule has 0 unspecified atom stereocenters. The molecule has 0 fully saturated rings. The molecular weight excluding hydrogens is 265 g/mol. The van der Waals surface area contributed by atoms with Crippen molar-refractivity contribution >= 4 is 5.97 Å². The molecule has 18 heavy (non-hydrogen) atoms. The minimum Gasteiger partial charge on any atom is -0.481 e. The van der Waals surface area contributed by atoms with E-state index in [2.05, 4.69) is 9.72 Å². The average molecular weight is 271 g/mol. The monoisotopic (exact) mass is 271 g/mol. The number of hydrogen-bond acceptors (Lipinski definition) is 3. The summed E-state index contributed by atoms with van der Waals surface area (Å²) in [5.74, 6) is -2.62. The van der Waals surface area contributed by atoms with Crippen LogP contribution in [-0.4, -0.2) is 23.2 Å². The quantitative estimate of drug-likeness (QED) is 0.859. The third-order valence-electron chi connectivity index (χ3n) is 1.96. The van der Waals surface area contributed by atoms with Crippen LogP contribution >= 0.6 is 0 Å². The van der Waals surface area contributed by atoms with Crippen molar-refractivity contribution in [3.05, 3.63) is 22.9 Å². The van der Waals surface area contributed by atoms with Crippen molar-refractivity contribution in [3.8, 4) is 5.88 Å². The smallest absolute Gasteiger partial charge is 0.434 e. The summed E-state index contributed by atoms with van der Waals surface area (Å²) in [6.07, 6.45) is -8.82. The van der Waals surface area contributed by atoms with Gasteiger partial charge in [-0.25, -0.2) is 18.6 Å². The second-order valence-electron chi connectivity index (χ2n) is 3.08. The van der Waals surface area contributed by atoms with Crippen LogP contribution in [0.5, 0.6) is 5.88 Å². The van der Waals surface area contributed by atoms with Crippen LogP contribution in [0.3, 0.4) is 0 Å². The molecule has 0 saturated carbocycles. The third kappa shape index (κ3) is 2.66. The highest BCUT2D eigenvalue weighted by molar-refractivity contribution is 5.90. The molecule has 1 heterocycles. The van der Waals surface area contributed by atoms with Crippen LogP contribution in [0.25, 0.3) is 0 Å². The average Bonchev–Trinajstić information content (AvgIpc) is 2.25. The molecule has 0 amide bonds. The van der Waals surface area contributed by atoms with Crippen LogP contribution in [-0.2, 0) is 6.18 Å². The van der Waals surface area contributed by atoms with Crippen molar-refractivity contribution in [3.63, 3.8) is 0 Å². The number of ether oxygens (including phenoxy) is 1. The molecular formula is C9H6F5NO3. The standard InChI is InChI=1S/C9H6F5NO3/c1-18-4-2-3(8(16)17)5(7(10)11)6(15-4)9(12,13)14/h2,7H,1H3,(H,16,17). The highest BCUT2D eigenvalue weighted by Crippen LogP contribution is 2.38. The van der Waals surface area contributed by atoms with E-state index in [0.717, 1.165) is 7.11 Å². The summed E-state index contributed by atoms with van der Waals surface area (Å²) in [6.45, 7) is 0. The minimum atomic E-state index is -5.20. The predicted molar refractivity (Wildman–Crippen MR) is 47.7 cm³/mol. The molecule has 0 bridgehead atoms. The van der Waals surface area contributed by atoms with Crippen LogP contribution in [0.15, 0.2) is 6.07 Å². The molecule has 0 aromatic carbocycles. The topological polar surface area (TPSA) is 59.4 Å². The molecule has 0 aliphatic rings. The van der Waals surface area contributed by atoms with E-state index in [1.165, 1.54) is 0 Å². The maximum atomic E-state index is 12.6. The third-order valence-corrected chi connectivity index (χ3v) is 1.96. The van der Waals surface area contributed by atoms with Crippen molar-refractivity contribution in [1.82, 2.24) is 4.98 Å². The first kappa shape index (κ1) is 14.1. The van der Waals surface area contributed by atoms with E-state index < -0.39 is 41.3 Å². The van der Waals surface area contributed by atoms with Gasteiger partial charge >= 0.3 is 12.1 Å². The number of carboxylic acids is 1. The number of pyridine rings is 1. The van der Waals surface area contributed by atoms with Gasteiger partial charge in [0.15, 0.2) is 5.69 Å². The van der Waals surface area contributed by atoms with Gasteiger partial charge in [0.05, 0.1) is 18.2 Å². The Bertz CT molecular complexity index is 472. The highest BCUT2D eigenvalue weighted by Gasteiger charge is 2.41. The lowest BCUT2D eigenvalue weighted by atomic mass is 10.1. The molecule has 0 aliphatic heterocycles. The number of carboxylic acid groups (broad SMARTS) is 1. The zero-order chi connectivity index (χ0) is 14.1. The lowest BCUT2D eigenvalue weighted by molar-refractivity contribution is -0.143. The van der Waals surface area contributed by atoms with E-state index in [1.54, 1.807) is 0 Å². The van der Waals surface area contributed by atoms with E-state index in [4.69, 9.17) is 5.11 Å². The SMILES string of the molecule is COc1cc(C(=O)O)c(C(F)F)c(C(F)(F)F)n1. The van der Waals surface area contributed by atoms with Crippen molar-refractivity contribution in [1.29, 1.82) is 0 Å². The van der Waals surface area contributed by atoms with E-state index in [-0.39, 0.29) is 0 Å². The molecule has 100 valence electrons. The van der Waals surface area contributed by atoms with Crippen LogP contribution in [0.2, 0.25) is 0 Å². The fourth-order valence-electron chi connectivity index (χ4n) is 1.25. The molecule has 0 atom stereocenters. The zero-order valence-electron chi connectivity index (χ0n) is 8.76. The summed E-state index contributed by atoms with van der Waals surface area (Å²) < 4.78 is 67.1. The molecule has 4 nitrogen and oxygen atoms in total. The minimum absolute atomic E-state index is 0.513. The predicted octanol–water partition coefficient (Wildman–Crippen LogP) is 2.74. The van der Waals surface area contributed by atoms with Crippen LogP contribution in [0.1, 0.15) is 28.0 Å². The normalized spacial score (nSPS) is 11.7. The Hall–Kier alpha value is -1.93. The Kier molecular flexibility index (Phi) is 3.73. The maximum Gasteiger partial charge on any atom is 0.434 e. The van der Waals surface area contributed by atoms with Crippen LogP contribution < -0.4 is 4.74 Å². The number of carbonyl (C=O) groups is 1. The molecule has 1 rings (SSSR count). The largest absolute Gasteiger partial charge is 0.481 e. The Balaban J connectivity index is 3.66. The fourth-order valence-corrected chi connectivity index (χ4v) is 1.25. The van der Waals surface area contributed by atoms with E-state index in [0.29, 0.717) is 6.07 Å². The summed E-state index contributed by atoms with van der Waals surface area (Å²) in [5.41, 5.74) is -4.82.